The van der Waals surface area contributed by atoms with E-state index in [0.717, 1.165) is 48.1 Å². The Morgan fingerprint density at radius 3 is 2.42 bits per heavy atom. The molecule has 2 N–H and O–H groups in total. The highest BCUT2D eigenvalue weighted by molar-refractivity contribution is 7.94. The molecule has 0 spiro atoms. The Balaban J connectivity index is 1.39. The third-order valence-corrected chi connectivity index (χ3v) is 9.97. The Bertz CT molecular complexity index is 1250. The van der Waals surface area contributed by atoms with Crippen molar-refractivity contribution in [1.82, 2.24) is 4.98 Å². The van der Waals surface area contributed by atoms with Crippen LogP contribution in [0.4, 0.5) is 10.1 Å². The third-order valence-electron chi connectivity index (χ3n) is 7.23. The van der Waals surface area contributed by atoms with Gasteiger partial charge < -0.3 is 9.84 Å². The summed E-state index contributed by atoms with van der Waals surface area (Å²) in [6.45, 7) is 0. The zero-order valence-corrected chi connectivity index (χ0v) is 21.9. The topological polar surface area (TPSA) is 106 Å². The molecule has 4 rings (SSSR count). The van der Waals surface area contributed by atoms with Crippen molar-refractivity contribution in [3.8, 4) is 17.6 Å². The van der Waals surface area contributed by atoms with Gasteiger partial charge in [0.2, 0.25) is 0 Å². The number of hydrogen-bond acceptors (Lipinski definition) is 6. The standard InChI is InChI=1S/C26H31FN2O5S2/c1-34-23-14-20(26(30)31)21(27)15-22(23)29-36(32,33)25-16-28-24(35-25)13-10-17-8-11-19(12-9-17)18-6-4-2-3-5-7-18/h14-19,29H,2-9,11-12H2,1H3,(H,30,31). The minimum Gasteiger partial charge on any atom is -0.495 e. The summed E-state index contributed by atoms with van der Waals surface area (Å²) in [4.78, 5) is 15.3. The van der Waals surface area contributed by atoms with Gasteiger partial charge in [0.25, 0.3) is 10.0 Å². The van der Waals surface area contributed by atoms with Gasteiger partial charge in [-0.15, -0.1) is 0 Å². The van der Waals surface area contributed by atoms with Crippen LogP contribution < -0.4 is 9.46 Å². The van der Waals surface area contributed by atoms with Gasteiger partial charge >= 0.3 is 5.97 Å². The van der Waals surface area contributed by atoms with Gasteiger partial charge in [0, 0.05) is 12.0 Å². The van der Waals surface area contributed by atoms with E-state index in [1.807, 2.05) is 0 Å². The summed E-state index contributed by atoms with van der Waals surface area (Å²) in [6, 6.07) is 1.72. The molecule has 1 heterocycles. The molecule has 10 heteroatoms. The molecule has 1 aromatic heterocycles. The average molecular weight is 535 g/mol. The van der Waals surface area contributed by atoms with Crippen molar-refractivity contribution in [1.29, 1.82) is 0 Å². The Morgan fingerprint density at radius 1 is 1.11 bits per heavy atom. The number of methoxy groups -OCH3 is 1. The number of carbonyl (C=O) groups is 1. The quantitative estimate of drug-likeness (QED) is 0.352. The van der Waals surface area contributed by atoms with Crippen molar-refractivity contribution >= 4 is 33.0 Å². The number of carboxylic acid groups (broad SMARTS) is 1. The molecule has 0 atom stereocenters. The Labute approximate surface area is 215 Å². The molecule has 194 valence electrons. The van der Waals surface area contributed by atoms with Gasteiger partial charge in [-0.1, -0.05) is 55.8 Å². The number of benzene rings is 1. The average Bonchev–Trinajstić information content (AvgIpc) is 3.18. The van der Waals surface area contributed by atoms with E-state index in [1.165, 1.54) is 64.7 Å². The second-order valence-electron chi connectivity index (χ2n) is 9.56. The summed E-state index contributed by atoms with van der Waals surface area (Å²) in [5.41, 5.74) is -0.820. The predicted molar refractivity (Wildman–Crippen MR) is 136 cm³/mol. The fraction of sp³-hybridized carbons (Fsp3) is 0.538. The molecule has 0 radical (unpaired) electrons. The van der Waals surface area contributed by atoms with E-state index < -0.39 is 27.4 Å². The molecule has 2 saturated carbocycles. The summed E-state index contributed by atoms with van der Waals surface area (Å²) in [5.74, 6) is 5.64. The first-order chi connectivity index (χ1) is 17.3. The van der Waals surface area contributed by atoms with Crippen LogP contribution >= 0.6 is 11.3 Å². The van der Waals surface area contributed by atoms with E-state index in [2.05, 4.69) is 21.5 Å². The Hall–Kier alpha value is -2.64. The number of halogens is 1. The van der Waals surface area contributed by atoms with E-state index >= 15 is 0 Å². The molecule has 0 bridgehead atoms. The highest BCUT2D eigenvalue weighted by Crippen LogP contribution is 2.39. The van der Waals surface area contributed by atoms with E-state index in [-0.39, 0.29) is 15.6 Å². The number of carboxylic acids is 1. The lowest BCUT2D eigenvalue weighted by molar-refractivity contribution is 0.0691. The van der Waals surface area contributed by atoms with Gasteiger partial charge in [0.15, 0.2) is 9.22 Å². The van der Waals surface area contributed by atoms with Gasteiger partial charge in [0.1, 0.15) is 11.6 Å². The van der Waals surface area contributed by atoms with Gasteiger partial charge in [0.05, 0.1) is 24.6 Å². The van der Waals surface area contributed by atoms with Gasteiger partial charge in [-0.2, -0.15) is 0 Å². The molecule has 36 heavy (non-hydrogen) atoms. The number of nitrogens with one attached hydrogen (secondary N) is 1. The summed E-state index contributed by atoms with van der Waals surface area (Å²) in [7, 11) is -2.86. The van der Waals surface area contributed by atoms with Crippen LogP contribution in [0.2, 0.25) is 0 Å². The summed E-state index contributed by atoms with van der Waals surface area (Å²) < 4.78 is 47.0. The van der Waals surface area contributed by atoms with Crippen LogP contribution in [0.25, 0.3) is 0 Å². The fourth-order valence-electron chi connectivity index (χ4n) is 5.28. The van der Waals surface area contributed by atoms with Crippen LogP contribution in [-0.4, -0.2) is 31.6 Å². The SMILES string of the molecule is COc1cc(C(=O)O)c(F)cc1NS(=O)(=O)c1cnc(C#CC2CCC(C3CCCCCC3)CC2)s1. The number of aromatic carboxylic acids is 1. The number of hydrogen-bond donors (Lipinski definition) is 2. The number of anilines is 1. The van der Waals surface area contributed by atoms with Crippen molar-refractivity contribution in [2.45, 2.75) is 68.4 Å². The number of thiazole rings is 1. The second kappa shape index (κ2) is 11.6. The highest BCUT2D eigenvalue weighted by atomic mass is 32.2. The maximum absolute atomic E-state index is 14.1. The first-order valence-corrected chi connectivity index (χ1v) is 14.7. The van der Waals surface area contributed by atoms with Crippen LogP contribution in [0.15, 0.2) is 22.5 Å². The van der Waals surface area contributed by atoms with E-state index in [9.17, 15) is 17.6 Å². The maximum Gasteiger partial charge on any atom is 0.338 e. The molecule has 1 aromatic carbocycles. The Morgan fingerprint density at radius 2 is 1.78 bits per heavy atom. The smallest absolute Gasteiger partial charge is 0.338 e. The molecular formula is C26H31FN2O5S2. The van der Waals surface area contributed by atoms with Gasteiger partial charge in [-0.05, 0) is 49.5 Å². The second-order valence-corrected chi connectivity index (χ2v) is 12.5. The molecular weight excluding hydrogens is 503 g/mol. The van der Waals surface area contributed by atoms with Crippen LogP contribution in [-0.2, 0) is 10.0 Å². The monoisotopic (exact) mass is 534 g/mol. The van der Waals surface area contributed by atoms with Crippen LogP contribution in [0.1, 0.15) is 79.6 Å². The molecule has 0 aliphatic heterocycles. The van der Waals surface area contributed by atoms with Crippen molar-refractivity contribution < 1.29 is 27.4 Å². The lowest BCUT2D eigenvalue weighted by Gasteiger charge is -2.32. The number of aromatic nitrogens is 1. The minimum atomic E-state index is -4.10. The largest absolute Gasteiger partial charge is 0.495 e. The lowest BCUT2D eigenvalue weighted by Crippen LogP contribution is -2.21. The van der Waals surface area contributed by atoms with Crippen molar-refractivity contribution in [3.05, 3.63) is 34.7 Å². The zero-order chi connectivity index (χ0) is 25.7. The van der Waals surface area contributed by atoms with Crippen molar-refractivity contribution in [2.75, 3.05) is 11.8 Å². The minimum absolute atomic E-state index is 0.0753. The van der Waals surface area contributed by atoms with Crippen LogP contribution in [0.3, 0.4) is 0 Å². The zero-order valence-electron chi connectivity index (χ0n) is 20.3. The van der Waals surface area contributed by atoms with Gasteiger partial charge in [-0.25, -0.2) is 22.6 Å². The number of ether oxygens (including phenoxy) is 1. The van der Waals surface area contributed by atoms with Crippen LogP contribution in [0, 0.1) is 35.4 Å². The number of rotatable bonds is 6. The third kappa shape index (κ3) is 6.37. The summed E-state index contributed by atoms with van der Waals surface area (Å²) in [6.07, 6.45) is 14.0. The van der Waals surface area contributed by atoms with Crippen LogP contribution in [0.5, 0.6) is 5.75 Å². The lowest BCUT2D eigenvalue weighted by atomic mass is 9.73. The molecule has 0 unspecified atom stereocenters. The molecule has 0 amide bonds. The number of sulfonamides is 1. The highest BCUT2D eigenvalue weighted by Gasteiger charge is 2.27. The first kappa shape index (κ1) is 26.4. The molecule has 2 fully saturated rings. The number of nitrogens with zero attached hydrogens (tertiary/aromatic N) is 1. The molecule has 7 nitrogen and oxygen atoms in total. The first-order valence-electron chi connectivity index (χ1n) is 12.4. The molecule has 2 aliphatic rings. The maximum atomic E-state index is 14.1. The normalized spacial score (nSPS) is 21.2. The molecule has 0 saturated heterocycles. The summed E-state index contributed by atoms with van der Waals surface area (Å²) in [5, 5.41) is 9.47. The van der Waals surface area contributed by atoms with Crippen molar-refractivity contribution in [3.63, 3.8) is 0 Å². The van der Waals surface area contributed by atoms with E-state index in [0.29, 0.717) is 10.9 Å². The Kier molecular flexibility index (Phi) is 8.52. The van der Waals surface area contributed by atoms with Crippen molar-refractivity contribution in [2.24, 2.45) is 17.8 Å². The molecule has 2 aliphatic carbocycles. The fourth-order valence-corrected chi connectivity index (χ4v) is 7.34. The van der Waals surface area contributed by atoms with E-state index in [1.54, 1.807) is 0 Å². The molecule has 2 aromatic rings. The summed E-state index contributed by atoms with van der Waals surface area (Å²) >= 11 is 0.935. The van der Waals surface area contributed by atoms with Gasteiger partial charge in [-0.3, -0.25) is 4.72 Å². The predicted octanol–water partition coefficient (Wildman–Crippen LogP) is 5.92. The van der Waals surface area contributed by atoms with E-state index in [4.69, 9.17) is 9.84 Å².